The Morgan fingerprint density at radius 3 is 2.50 bits per heavy atom. The molecular weight excluding hydrogens is 196 g/mol. The lowest BCUT2D eigenvalue weighted by Gasteiger charge is -2.40. The summed E-state index contributed by atoms with van der Waals surface area (Å²) in [6.45, 7) is 8.61. The zero-order valence-electron chi connectivity index (χ0n) is 8.88. The van der Waals surface area contributed by atoms with Crippen LogP contribution in [-0.4, -0.2) is 31.7 Å². The second kappa shape index (κ2) is 4.27. The number of rotatable bonds is 3. The molecule has 0 spiro atoms. The van der Waals surface area contributed by atoms with Gasteiger partial charge in [-0.3, -0.25) is 0 Å². The molecule has 1 N–H and O–H groups in total. The van der Waals surface area contributed by atoms with Crippen molar-refractivity contribution < 1.29 is 14.6 Å². The van der Waals surface area contributed by atoms with Crippen LogP contribution in [0.1, 0.15) is 19.3 Å². The van der Waals surface area contributed by atoms with Gasteiger partial charge in [-0.25, -0.2) is 4.79 Å². The van der Waals surface area contributed by atoms with Crippen molar-refractivity contribution in [3.05, 3.63) is 12.2 Å². The summed E-state index contributed by atoms with van der Waals surface area (Å²) in [5, 5.41) is 8.50. The molecule has 4 heteroatoms. The molecule has 1 unspecified atom stereocenters. The average molecular weight is 214 g/mol. The van der Waals surface area contributed by atoms with E-state index >= 15 is 0 Å². The Hall–Kier alpha value is -0.613. The maximum Gasteiger partial charge on any atom is 0.333 e. The van der Waals surface area contributed by atoms with Gasteiger partial charge in [0.05, 0.1) is 19.6 Å². The minimum Gasteiger partial charge on any atom is -0.478 e. The van der Waals surface area contributed by atoms with Gasteiger partial charge in [0, 0.05) is 6.61 Å². The maximum atomic E-state index is 11.0. The Labute approximate surface area is 86.4 Å². The van der Waals surface area contributed by atoms with Crippen LogP contribution in [0, 0.1) is 0 Å². The van der Waals surface area contributed by atoms with Gasteiger partial charge in [-0.2, -0.15) is 0 Å². The fourth-order valence-corrected chi connectivity index (χ4v) is 4.09. The summed E-state index contributed by atoms with van der Waals surface area (Å²) in [4.78, 5) is 11.0. The molecule has 1 saturated heterocycles. The van der Waals surface area contributed by atoms with E-state index in [2.05, 4.69) is 19.7 Å². The van der Waals surface area contributed by atoms with Crippen molar-refractivity contribution in [2.45, 2.75) is 37.6 Å². The number of hydrogen-bond donors (Lipinski definition) is 1. The van der Waals surface area contributed by atoms with E-state index in [1.54, 1.807) is 0 Å². The maximum absolute atomic E-state index is 11.0. The third-order valence-electron chi connectivity index (χ3n) is 3.00. The summed E-state index contributed by atoms with van der Waals surface area (Å²) < 4.78 is 5.73. The fraction of sp³-hybridized carbons (Fsp3) is 0.700. The lowest BCUT2D eigenvalue weighted by Crippen LogP contribution is -2.50. The summed E-state index contributed by atoms with van der Waals surface area (Å²) >= 11 is 0. The molecule has 1 atom stereocenters. The van der Waals surface area contributed by atoms with Gasteiger partial charge in [0.1, 0.15) is 0 Å². The first-order chi connectivity index (χ1) is 6.50. The Morgan fingerprint density at radius 1 is 1.50 bits per heavy atom. The SMILES string of the molecule is C=C(C(=O)O)C1([SiH](C)C)CCCCO1. The van der Waals surface area contributed by atoms with Crippen LogP contribution in [0.25, 0.3) is 0 Å². The van der Waals surface area contributed by atoms with Crippen molar-refractivity contribution in [1.29, 1.82) is 0 Å². The Morgan fingerprint density at radius 2 is 2.14 bits per heavy atom. The molecule has 1 heterocycles. The number of carboxylic acids is 1. The highest BCUT2D eigenvalue weighted by Gasteiger charge is 2.42. The van der Waals surface area contributed by atoms with Crippen LogP contribution in [0.5, 0.6) is 0 Å². The zero-order valence-corrected chi connectivity index (χ0v) is 10.0. The summed E-state index contributed by atoms with van der Waals surface area (Å²) in [6.07, 6.45) is 2.93. The predicted molar refractivity (Wildman–Crippen MR) is 58.2 cm³/mol. The van der Waals surface area contributed by atoms with Gasteiger partial charge in [-0.1, -0.05) is 19.7 Å². The van der Waals surface area contributed by atoms with E-state index in [9.17, 15) is 4.79 Å². The fourth-order valence-electron chi connectivity index (χ4n) is 2.04. The minimum atomic E-state index is -1.20. The Balaban J connectivity index is 2.91. The molecule has 0 aromatic heterocycles. The van der Waals surface area contributed by atoms with Crippen molar-refractivity contribution in [1.82, 2.24) is 0 Å². The lowest BCUT2D eigenvalue weighted by molar-refractivity contribution is -0.135. The molecule has 1 fully saturated rings. The number of carboxylic acid groups (broad SMARTS) is 1. The summed E-state index contributed by atoms with van der Waals surface area (Å²) in [7, 11) is -1.20. The molecule has 0 aromatic rings. The van der Waals surface area contributed by atoms with Gasteiger partial charge in [-0.05, 0) is 19.3 Å². The molecule has 0 saturated carbocycles. The number of carbonyl (C=O) groups is 1. The molecule has 1 aliphatic heterocycles. The van der Waals surface area contributed by atoms with Crippen LogP contribution < -0.4 is 0 Å². The molecule has 0 amide bonds. The molecular formula is C10H18O3Si. The molecule has 3 nitrogen and oxygen atoms in total. The highest BCUT2D eigenvalue weighted by molar-refractivity contribution is 6.61. The van der Waals surface area contributed by atoms with Gasteiger partial charge < -0.3 is 9.84 Å². The monoisotopic (exact) mass is 214 g/mol. The van der Waals surface area contributed by atoms with Crippen molar-refractivity contribution in [3.63, 3.8) is 0 Å². The first-order valence-corrected chi connectivity index (χ1v) is 7.96. The lowest BCUT2D eigenvalue weighted by atomic mass is 10.0. The third-order valence-corrected chi connectivity index (χ3v) is 5.67. The van der Waals surface area contributed by atoms with Crippen molar-refractivity contribution in [3.8, 4) is 0 Å². The first-order valence-electron chi connectivity index (χ1n) is 5.07. The van der Waals surface area contributed by atoms with Gasteiger partial charge in [0.15, 0.2) is 0 Å². The van der Waals surface area contributed by atoms with Crippen molar-refractivity contribution in [2.24, 2.45) is 0 Å². The molecule has 0 radical (unpaired) electrons. The van der Waals surface area contributed by atoms with Crippen LogP contribution >= 0.6 is 0 Å². The van der Waals surface area contributed by atoms with Crippen LogP contribution in [0.3, 0.4) is 0 Å². The van der Waals surface area contributed by atoms with E-state index in [0.29, 0.717) is 6.61 Å². The van der Waals surface area contributed by atoms with E-state index in [1.165, 1.54) is 0 Å². The van der Waals surface area contributed by atoms with Crippen LogP contribution in [-0.2, 0) is 9.53 Å². The Bertz CT molecular complexity index is 242. The van der Waals surface area contributed by atoms with Crippen molar-refractivity contribution >= 4 is 14.8 Å². The zero-order chi connectivity index (χ0) is 10.8. The van der Waals surface area contributed by atoms with Gasteiger partial charge in [0.25, 0.3) is 0 Å². The normalized spacial score (nSPS) is 27.6. The highest BCUT2D eigenvalue weighted by atomic mass is 28.3. The smallest absolute Gasteiger partial charge is 0.333 e. The highest BCUT2D eigenvalue weighted by Crippen LogP contribution is 2.33. The molecule has 1 rings (SSSR count). The van der Waals surface area contributed by atoms with Crippen LogP contribution in [0.2, 0.25) is 13.1 Å². The van der Waals surface area contributed by atoms with Crippen LogP contribution in [0.4, 0.5) is 0 Å². The molecule has 0 bridgehead atoms. The number of hydrogen-bond acceptors (Lipinski definition) is 2. The summed E-state index contributed by atoms with van der Waals surface area (Å²) in [6, 6.07) is 0. The van der Waals surface area contributed by atoms with E-state index in [0.717, 1.165) is 19.3 Å². The first kappa shape index (κ1) is 11.5. The Kier molecular flexibility index (Phi) is 3.50. The quantitative estimate of drug-likeness (QED) is 0.573. The van der Waals surface area contributed by atoms with E-state index < -0.39 is 20.0 Å². The molecule has 80 valence electrons. The third kappa shape index (κ3) is 1.91. The second-order valence-corrected chi connectivity index (χ2v) is 7.38. The van der Waals surface area contributed by atoms with Crippen molar-refractivity contribution in [2.75, 3.05) is 6.61 Å². The molecule has 1 aliphatic rings. The minimum absolute atomic E-state index is 0.263. The summed E-state index contributed by atoms with van der Waals surface area (Å²) in [5.41, 5.74) is 0.263. The molecule has 0 aromatic carbocycles. The topological polar surface area (TPSA) is 46.5 Å². The van der Waals surface area contributed by atoms with E-state index in [4.69, 9.17) is 9.84 Å². The second-order valence-electron chi connectivity index (χ2n) is 4.13. The summed E-state index contributed by atoms with van der Waals surface area (Å²) in [5.74, 6) is -0.909. The standard InChI is InChI=1S/C10H18O3Si/c1-8(9(11)12)10(14(2)3)6-4-5-7-13-10/h14H,1,4-7H2,2-3H3,(H,11,12). The van der Waals surface area contributed by atoms with Gasteiger partial charge in [-0.15, -0.1) is 0 Å². The predicted octanol–water partition coefficient (Wildman–Crippen LogP) is 1.59. The van der Waals surface area contributed by atoms with E-state index in [-0.39, 0.29) is 5.57 Å². The number of ether oxygens (including phenoxy) is 1. The van der Waals surface area contributed by atoms with Crippen LogP contribution in [0.15, 0.2) is 12.2 Å². The van der Waals surface area contributed by atoms with Gasteiger partial charge >= 0.3 is 5.97 Å². The molecule has 14 heavy (non-hydrogen) atoms. The largest absolute Gasteiger partial charge is 0.478 e. The number of aliphatic carboxylic acids is 1. The van der Waals surface area contributed by atoms with Gasteiger partial charge in [0.2, 0.25) is 0 Å². The molecule has 0 aliphatic carbocycles. The average Bonchev–Trinajstić information content (AvgIpc) is 2.17. The van der Waals surface area contributed by atoms with E-state index in [1.807, 2.05) is 0 Å².